The number of methoxy groups -OCH3 is 1. The van der Waals surface area contributed by atoms with Gasteiger partial charge in [-0.15, -0.1) is 0 Å². The Balaban J connectivity index is 2.49. The van der Waals surface area contributed by atoms with Crippen molar-refractivity contribution in [3.63, 3.8) is 0 Å². The maximum Gasteiger partial charge on any atom is 0.124 e. The van der Waals surface area contributed by atoms with Crippen LogP contribution >= 0.6 is 11.6 Å². The predicted octanol–water partition coefficient (Wildman–Crippen LogP) is 4.20. The van der Waals surface area contributed by atoms with E-state index in [-0.39, 0.29) is 5.54 Å². The summed E-state index contributed by atoms with van der Waals surface area (Å²) >= 11 is 6.41. The number of rotatable bonds is 3. The molecule has 0 atom stereocenters. The number of halogens is 1. The average molecular weight is 268 g/mol. The Hall–Kier alpha value is -0.730. The summed E-state index contributed by atoms with van der Waals surface area (Å²) in [5, 5.41) is 0.774. The summed E-state index contributed by atoms with van der Waals surface area (Å²) in [6, 6.07) is 4.11. The molecule has 2 rings (SSSR count). The molecule has 0 heterocycles. The van der Waals surface area contributed by atoms with E-state index in [0.29, 0.717) is 5.92 Å². The van der Waals surface area contributed by atoms with E-state index in [1.54, 1.807) is 7.11 Å². The standard InChI is InChI=1S/C15H22ClNO/c1-10(2)14-12(16)8-11(9-13(14)18-3)15(17)6-4-5-7-15/h8-10H,4-7,17H2,1-3H3. The van der Waals surface area contributed by atoms with Gasteiger partial charge in [-0.1, -0.05) is 38.3 Å². The highest BCUT2D eigenvalue weighted by Crippen LogP contribution is 2.42. The van der Waals surface area contributed by atoms with Crippen molar-refractivity contribution in [3.8, 4) is 5.75 Å². The number of nitrogens with two attached hydrogens (primary N) is 1. The molecule has 18 heavy (non-hydrogen) atoms. The first-order valence-electron chi connectivity index (χ1n) is 6.65. The van der Waals surface area contributed by atoms with Crippen LogP contribution in [0.1, 0.15) is 56.6 Å². The van der Waals surface area contributed by atoms with Gasteiger partial charge in [0.2, 0.25) is 0 Å². The minimum atomic E-state index is -0.216. The van der Waals surface area contributed by atoms with Gasteiger partial charge in [0.1, 0.15) is 5.75 Å². The lowest BCUT2D eigenvalue weighted by Crippen LogP contribution is -2.33. The fourth-order valence-corrected chi connectivity index (χ4v) is 3.33. The molecule has 2 nitrogen and oxygen atoms in total. The van der Waals surface area contributed by atoms with Crippen LogP contribution in [0.2, 0.25) is 5.02 Å². The Kier molecular flexibility index (Phi) is 3.88. The molecule has 100 valence electrons. The molecule has 0 unspecified atom stereocenters. The van der Waals surface area contributed by atoms with E-state index in [0.717, 1.165) is 34.7 Å². The molecular formula is C15H22ClNO. The summed E-state index contributed by atoms with van der Waals surface area (Å²) in [6.07, 6.45) is 4.46. The monoisotopic (exact) mass is 267 g/mol. The second kappa shape index (κ2) is 5.10. The number of ether oxygens (including phenoxy) is 1. The van der Waals surface area contributed by atoms with Crippen LogP contribution in [0, 0.1) is 0 Å². The molecule has 1 aliphatic rings. The molecule has 1 aromatic carbocycles. The Morgan fingerprint density at radius 2 is 1.89 bits per heavy atom. The fraction of sp³-hybridized carbons (Fsp3) is 0.600. The Morgan fingerprint density at radius 1 is 1.28 bits per heavy atom. The molecule has 2 N–H and O–H groups in total. The predicted molar refractivity (Wildman–Crippen MR) is 76.4 cm³/mol. The van der Waals surface area contributed by atoms with E-state index in [4.69, 9.17) is 22.1 Å². The summed E-state index contributed by atoms with van der Waals surface area (Å²) in [5.74, 6) is 1.21. The molecule has 1 aliphatic carbocycles. The van der Waals surface area contributed by atoms with E-state index in [2.05, 4.69) is 19.9 Å². The maximum absolute atomic E-state index is 6.48. The summed E-state index contributed by atoms with van der Waals surface area (Å²) < 4.78 is 5.49. The Bertz CT molecular complexity index is 436. The van der Waals surface area contributed by atoms with Gasteiger partial charge in [-0.2, -0.15) is 0 Å². The van der Waals surface area contributed by atoms with Crippen LogP contribution in [0.25, 0.3) is 0 Å². The topological polar surface area (TPSA) is 35.2 Å². The second-order valence-corrected chi connectivity index (χ2v) is 6.00. The molecule has 0 saturated heterocycles. The normalized spacial score (nSPS) is 18.3. The van der Waals surface area contributed by atoms with Crippen LogP contribution in [-0.4, -0.2) is 7.11 Å². The molecule has 0 amide bonds. The van der Waals surface area contributed by atoms with Crippen LogP contribution in [0.4, 0.5) is 0 Å². The van der Waals surface area contributed by atoms with Crippen LogP contribution in [-0.2, 0) is 5.54 Å². The zero-order chi connectivity index (χ0) is 13.3. The molecule has 1 saturated carbocycles. The van der Waals surface area contributed by atoms with Gasteiger partial charge >= 0.3 is 0 Å². The fourth-order valence-electron chi connectivity index (χ4n) is 2.90. The van der Waals surface area contributed by atoms with Gasteiger partial charge in [0.05, 0.1) is 7.11 Å². The zero-order valence-electron chi connectivity index (χ0n) is 11.4. The summed E-state index contributed by atoms with van der Waals surface area (Å²) in [7, 11) is 1.69. The lowest BCUT2D eigenvalue weighted by Gasteiger charge is -2.26. The van der Waals surface area contributed by atoms with Crippen molar-refractivity contribution >= 4 is 11.6 Å². The first-order chi connectivity index (χ1) is 8.48. The number of benzene rings is 1. The maximum atomic E-state index is 6.48. The van der Waals surface area contributed by atoms with Gasteiger partial charge in [-0.05, 0) is 36.5 Å². The van der Waals surface area contributed by atoms with Crippen molar-refractivity contribution in [1.29, 1.82) is 0 Å². The third-order valence-electron chi connectivity index (χ3n) is 3.96. The Labute approximate surface area is 114 Å². The molecule has 1 fully saturated rings. The van der Waals surface area contributed by atoms with Crippen molar-refractivity contribution in [2.75, 3.05) is 7.11 Å². The highest BCUT2D eigenvalue weighted by atomic mass is 35.5. The SMILES string of the molecule is COc1cc(C2(N)CCCC2)cc(Cl)c1C(C)C. The summed E-state index contributed by atoms with van der Waals surface area (Å²) in [6.45, 7) is 4.24. The quantitative estimate of drug-likeness (QED) is 0.891. The highest BCUT2D eigenvalue weighted by Gasteiger charge is 2.32. The lowest BCUT2D eigenvalue weighted by atomic mass is 9.87. The van der Waals surface area contributed by atoms with Crippen LogP contribution in [0.5, 0.6) is 5.75 Å². The van der Waals surface area contributed by atoms with Gasteiger partial charge < -0.3 is 10.5 Å². The zero-order valence-corrected chi connectivity index (χ0v) is 12.2. The van der Waals surface area contributed by atoms with Crippen molar-refractivity contribution in [1.82, 2.24) is 0 Å². The minimum Gasteiger partial charge on any atom is -0.496 e. The molecule has 0 aliphatic heterocycles. The van der Waals surface area contributed by atoms with Crippen LogP contribution < -0.4 is 10.5 Å². The molecule has 1 aromatic rings. The number of hydrogen-bond acceptors (Lipinski definition) is 2. The highest BCUT2D eigenvalue weighted by molar-refractivity contribution is 6.31. The smallest absolute Gasteiger partial charge is 0.124 e. The van der Waals surface area contributed by atoms with Gasteiger partial charge in [-0.3, -0.25) is 0 Å². The van der Waals surface area contributed by atoms with Crippen LogP contribution in [0.3, 0.4) is 0 Å². The van der Waals surface area contributed by atoms with Crippen LogP contribution in [0.15, 0.2) is 12.1 Å². The third kappa shape index (κ3) is 2.36. The van der Waals surface area contributed by atoms with E-state index < -0.39 is 0 Å². The van der Waals surface area contributed by atoms with E-state index in [1.807, 2.05) is 6.07 Å². The van der Waals surface area contributed by atoms with E-state index in [9.17, 15) is 0 Å². The van der Waals surface area contributed by atoms with E-state index >= 15 is 0 Å². The van der Waals surface area contributed by atoms with Crippen molar-refractivity contribution < 1.29 is 4.74 Å². The van der Waals surface area contributed by atoms with Gasteiger partial charge in [0.15, 0.2) is 0 Å². The first kappa shape index (κ1) is 13.7. The molecule has 0 spiro atoms. The van der Waals surface area contributed by atoms with Crippen molar-refractivity contribution in [3.05, 3.63) is 28.3 Å². The third-order valence-corrected chi connectivity index (χ3v) is 4.27. The average Bonchev–Trinajstić information content (AvgIpc) is 2.75. The van der Waals surface area contributed by atoms with E-state index in [1.165, 1.54) is 12.8 Å². The molecule has 0 aromatic heterocycles. The van der Waals surface area contributed by atoms with Gasteiger partial charge in [-0.25, -0.2) is 0 Å². The van der Waals surface area contributed by atoms with Crippen molar-refractivity contribution in [2.45, 2.75) is 51.0 Å². The van der Waals surface area contributed by atoms with Crippen molar-refractivity contribution in [2.24, 2.45) is 5.73 Å². The lowest BCUT2D eigenvalue weighted by molar-refractivity contribution is 0.401. The Morgan fingerprint density at radius 3 is 2.39 bits per heavy atom. The number of hydrogen-bond donors (Lipinski definition) is 1. The summed E-state index contributed by atoms with van der Waals surface area (Å²) in [4.78, 5) is 0. The largest absolute Gasteiger partial charge is 0.496 e. The molecule has 3 heteroatoms. The second-order valence-electron chi connectivity index (χ2n) is 5.59. The molecule has 0 radical (unpaired) electrons. The summed E-state index contributed by atoms with van der Waals surface area (Å²) in [5.41, 5.74) is 8.46. The first-order valence-corrected chi connectivity index (χ1v) is 7.02. The molecule has 0 bridgehead atoms. The van der Waals surface area contributed by atoms with Gasteiger partial charge in [0.25, 0.3) is 0 Å². The van der Waals surface area contributed by atoms with Gasteiger partial charge in [0, 0.05) is 16.1 Å². The minimum absolute atomic E-state index is 0.216. The molecular weight excluding hydrogens is 246 g/mol.